The Labute approximate surface area is 148 Å². The van der Waals surface area contributed by atoms with Gasteiger partial charge in [0, 0.05) is 22.9 Å². The van der Waals surface area contributed by atoms with Crippen LogP contribution in [0.3, 0.4) is 0 Å². The van der Waals surface area contributed by atoms with E-state index in [1.54, 1.807) is 36.5 Å². The molecule has 2 aromatic carbocycles. The van der Waals surface area contributed by atoms with E-state index in [2.05, 4.69) is 9.97 Å². The third kappa shape index (κ3) is 4.44. The molecule has 3 aromatic rings. The second kappa shape index (κ2) is 8.75. The Balaban J connectivity index is 0.00000117. The van der Waals surface area contributed by atoms with Crippen LogP contribution in [0, 0.1) is 0 Å². The van der Waals surface area contributed by atoms with E-state index in [4.69, 9.17) is 5.11 Å². The van der Waals surface area contributed by atoms with Gasteiger partial charge >= 0.3 is 5.97 Å². The SMILES string of the molecule is CF.O=C(O)c1ccc(-c2ccnc(-c3ccc(C(F)F)cc3)n2)cc1. The Kier molecular flexibility index (Phi) is 6.43. The van der Waals surface area contributed by atoms with Gasteiger partial charge in [0.2, 0.25) is 0 Å². The minimum atomic E-state index is -2.51. The lowest BCUT2D eigenvalue weighted by molar-refractivity contribution is 0.0697. The van der Waals surface area contributed by atoms with E-state index in [-0.39, 0.29) is 11.1 Å². The van der Waals surface area contributed by atoms with Gasteiger partial charge in [0.05, 0.1) is 18.4 Å². The normalized spacial score (nSPS) is 10.2. The number of carboxylic acids is 1. The van der Waals surface area contributed by atoms with Crippen LogP contribution in [-0.2, 0) is 0 Å². The van der Waals surface area contributed by atoms with Gasteiger partial charge < -0.3 is 5.11 Å². The summed E-state index contributed by atoms with van der Waals surface area (Å²) in [4.78, 5) is 19.5. The fourth-order valence-corrected chi connectivity index (χ4v) is 2.22. The average Bonchev–Trinajstić information content (AvgIpc) is 2.70. The number of carboxylic acid groups (broad SMARTS) is 1. The zero-order chi connectivity index (χ0) is 19.1. The van der Waals surface area contributed by atoms with Gasteiger partial charge in [-0.2, -0.15) is 0 Å². The molecule has 1 N–H and O–H groups in total. The molecule has 0 aliphatic rings. The topological polar surface area (TPSA) is 63.1 Å². The van der Waals surface area contributed by atoms with Gasteiger partial charge in [-0.1, -0.05) is 36.4 Å². The number of carbonyl (C=O) groups is 1. The first kappa shape index (κ1) is 19.1. The molecule has 0 aliphatic heterocycles. The summed E-state index contributed by atoms with van der Waals surface area (Å²) in [7, 11) is 0.500. The maximum absolute atomic E-state index is 12.6. The van der Waals surface area contributed by atoms with E-state index in [1.165, 1.54) is 24.3 Å². The molecule has 3 rings (SSSR count). The maximum Gasteiger partial charge on any atom is 0.335 e. The summed E-state index contributed by atoms with van der Waals surface area (Å²) in [6.45, 7) is 0. The molecule has 0 saturated heterocycles. The highest BCUT2D eigenvalue weighted by atomic mass is 19.3. The Morgan fingerprint density at radius 1 is 0.923 bits per heavy atom. The predicted molar refractivity (Wildman–Crippen MR) is 91.9 cm³/mol. The number of hydrogen-bond acceptors (Lipinski definition) is 3. The average molecular weight is 360 g/mol. The first-order valence-electron chi connectivity index (χ1n) is 7.47. The van der Waals surface area contributed by atoms with E-state index in [1.807, 2.05) is 0 Å². The van der Waals surface area contributed by atoms with Crippen LogP contribution in [0.25, 0.3) is 22.6 Å². The number of aromatic carboxylic acids is 1. The van der Waals surface area contributed by atoms with Crippen molar-refractivity contribution in [1.82, 2.24) is 9.97 Å². The third-order valence-corrected chi connectivity index (χ3v) is 3.50. The van der Waals surface area contributed by atoms with E-state index in [0.717, 1.165) is 5.56 Å². The van der Waals surface area contributed by atoms with Crippen LogP contribution in [0.5, 0.6) is 0 Å². The number of alkyl halides is 3. The lowest BCUT2D eigenvalue weighted by Gasteiger charge is -2.06. The molecule has 0 unspecified atom stereocenters. The third-order valence-electron chi connectivity index (χ3n) is 3.50. The van der Waals surface area contributed by atoms with Crippen LogP contribution in [0.15, 0.2) is 60.8 Å². The quantitative estimate of drug-likeness (QED) is 0.709. The highest BCUT2D eigenvalue weighted by molar-refractivity contribution is 5.88. The minimum Gasteiger partial charge on any atom is -0.478 e. The molecule has 0 aliphatic carbocycles. The zero-order valence-electron chi connectivity index (χ0n) is 13.7. The number of rotatable bonds is 4. The summed E-state index contributed by atoms with van der Waals surface area (Å²) in [5.74, 6) is -0.584. The Bertz CT molecular complexity index is 867. The van der Waals surface area contributed by atoms with Crippen LogP contribution < -0.4 is 0 Å². The second-order valence-electron chi connectivity index (χ2n) is 5.07. The van der Waals surface area contributed by atoms with E-state index < -0.39 is 12.4 Å². The Morgan fingerprint density at radius 3 is 2.04 bits per heavy atom. The van der Waals surface area contributed by atoms with E-state index in [9.17, 15) is 18.0 Å². The number of nitrogens with zero attached hydrogens (tertiary/aromatic N) is 2. The van der Waals surface area contributed by atoms with Crippen molar-refractivity contribution < 1.29 is 23.1 Å². The molecule has 1 aromatic heterocycles. The fourth-order valence-electron chi connectivity index (χ4n) is 2.22. The molecule has 7 heteroatoms. The molecule has 0 saturated carbocycles. The van der Waals surface area contributed by atoms with Gasteiger partial charge in [-0.05, 0) is 18.2 Å². The highest BCUT2D eigenvalue weighted by Crippen LogP contribution is 2.24. The standard InChI is InChI=1S/C18H12F2N2O2.CH3F/c19-16(20)12-3-5-13(6-4-12)17-21-10-9-15(22-17)11-1-7-14(8-2-11)18(23)24;1-2/h1-10,16H,(H,23,24);1H3. The van der Waals surface area contributed by atoms with Gasteiger partial charge in [-0.15, -0.1) is 0 Å². The summed E-state index contributed by atoms with van der Waals surface area (Å²) in [5.41, 5.74) is 2.13. The number of hydrogen-bond donors (Lipinski definition) is 1. The summed E-state index contributed by atoms with van der Waals surface area (Å²) in [6.07, 6.45) is -0.942. The first-order valence-corrected chi connectivity index (χ1v) is 7.47. The van der Waals surface area contributed by atoms with Crippen LogP contribution in [0.1, 0.15) is 22.3 Å². The molecule has 0 atom stereocenters. The largest absolute Gasteiger partial charge is 0.478 e. The summed E-state index contributed by atoms with van der Waals surface area (Å²) in [5, 5.41) is 8.92. The molecule has 26 heavy (non-hydrogen) atoms. The molecule has 0 radical (unpaired) electrons. The molecule has 0 bridgehead atoms. The number of halogens is 3. The number of aromatic nitrogens is 2. The molecule has 0 fully saturated rings. The first-order chi connectivity index (χ1) is 12.5. The second-order valence-corrected chi connectivity index (χ2v) is 5.07. The smallest absolute Gasteiger partial charge is 0.335 e. The van der Waals surface area contributed by atoms with Gasteiger partial charge in [0.25, 0.3) is 6.43 Å². The van der Waals surface area contributed by atoms with E-state index >= 15 is 0 Å². The highest BCUT2D eigenvalue weighted by Gasteiger charge is 2.09. The van der Waals surface area contributed by atoms with E-state index in [0.29, 0.717) is 24.3 Å². The predicted octanol–water partition coefficient (Wildman–Crippen LogP) is 5.03. The van der Waals surface area contributed by atoms with Crippen molar-refractivity contribution in [2.75, 3.05) is 7.18 Å². The van der Waals surface area contributed by atoms with Crippen LogP contribution in [-0.4, -0.2) is 28.2 Å². The van der Waals surface area contributed by atoms with Gasteiger partial charge in [-0.25, -0.2) is 23.5 Å². The van der Waals surface area contributed by atoms with Gasteiger partial charge in [0.15, 0.2) is 5.82 Å². The van der Waals surface area contributed by atoms with Crippen molar-refractivity contribution in [3.63, 3.8) is 0 Å². The minimum absolute atomic E-state index is 0.0563. The monoisotopic (exact) mass is 360 g/mol. The van der Waals surface area contributed by atoms with Crippen molar-refractivity contribution in [3.05, 3.63) is 71.9 Å². The Morgan fingerprint density at radius 2 is 1.50 bits per heavy atom. The van der Waals surface area contributed by atoms with Crippen LogP contribution in [0.2, 0.25) is 0 Å². The lowest BCUT2D eigenvalue weighted by Crippen LogP contribution is -1.96. The van der Waals surface area contributed by atoms with Crippen molar-refractivity contribution >= 4 is 5.97 Å². The Hall–Kier alpha value is -3.22. The zero-order valence-corrected chi connectivity index (χ0v) is 13.7. The summed E-state index contributed by atoms with van der Waals surface area (Å²) in [6, 6.07) is 13.8. The molecule has 0 spiro atoms. The van der Waals surface area contributed by atoms with Gasteiger partial charge in [-0.3, -0.25) is 4.39 Å². The molecule has 4 nitrogen and oxygen atoms in total. The lowest BCUT2D eigenvalue weighted by atomic mass is 10.1. The molecule has 0 amide bonds. The number of benzene rings is 2. The summed E-state index contributed by atoms with van der Waals surface area (Å²) >= 11 is 0. The van der Waals surface area contributed by atoms with Crippen molar-refractivity contribution in [1.29, 1.82) is 0 Å². The molecule has 134 valence electrons. The van der Waals surface area contributed by atoms with Crippen molar-refractivity contribution in [3.8, 4) is 22.6 Å². The summed E-state index contributed by atoms with van der Waals surface area (Å²) < 4.78 is 34.7. The maximum atomic E-state index is 12.6. The fraction of sp³-hybridized carbons (Fsp3) is 0.105. The van der Waals surface area contributed by atoms with Gasteiger partial charge in [0.1, 0.15) is 0 Å². The van der Waals surface area contributed by atoms with Crippen molar-refractivity contribution in [2.24, 2.45) is 0 Å². The van der Waals surface area contributed by atoms with Crippen LogP contribution >= 0.6 is 0 Å². The van der Waals surface area contributed by atoms with Crippen molar-refractivity contribution in [2.45, 2.75) is 6.43 Å². The molecular formula is C19H15F3N2O2. The molecule has 1 heterocycles. The molecular weight excluding hydrogens is 345 g/mol. The van der Waals surface area contributed by atoms with Crippen LogP contribution in [0.4, 0.5) is 13.2 Å².